The number of nitrogens with one attached hydrogen (secondary N) is 1. The second kappa shape index (κ2) is 7.19. The molecule has 1 aliphatic heterocycles. The highest BCUT2D eigenvalue weighted by Crippen LogP contribution is 2.31. The normalized spacial score (nSPS) is 18.3. The molecule has 0 aromatic heterocycles. The molecule has 1 heterocycles. The van der Waals surface area contributed by atoms with Crippen LogP contribution in [0, 0.1) is 5.92 Å². The second-order valence-corrected chi connectivity index (χ2v) is 6.85. The van der Waals surface area contributed by atoms with Crippen molar-refractivity contribution in [3.8, 4) is 0 Å². The molecule has 1 fully saturated rings. The van der Waals surface area contributed by atoms with Gasteiger partial charge in [0.1, 0.15) is 0 Å². The minimum atomic E-state index is -0.0565. The summed E-state index contributed by atoms with van der Waals surface area (Å²) in [5.41, 5.74) is 0.787. The van der Waals surface area contributed by atoms with Crippen molar-refractivity contribution in [2.75, 3.05) is 13.1 Å². The van der Waals surface area contributed by atoms with E-state index in [1.165, 1.54) is 0 Å². The van der Waals surface area contributed by atoms with E-state index in [1.54, 1.807) is 12.1 Å². The lowest BCUT2D eigenvalue weighted by molar-refractivity contribution is -0.137. The molecule has 1 aromatic rings. The standard InChI is InChI=1S/C15H19Cl3N2O/c1-9(2)15(21)20(12-3-4-19-7-12)8-10-5-11(16)6-13(17)14(10)18/h5-6,9,12,19H,3-4,7-8H2,1-2H3/t12-/m0/s1. The van der Waals surface area contributed by atoms with Crippen LogP contribution >= 0.6 is 34.8 Å². The lowest BCUT2D eigenvalue weighted by Crippen LogP contribution is -2.43. The Bertz CT molecular complexity index is 528. The Morgan fingerprint density at radius 3 is 2.67 bits per heavy atom. The van der Waals surface area contributed by atoms with E-state index in [2.05, 4.69) is 5.32 Å². The summed E-state index contributed by atoms with van der Waals surface area (Å²) in [7, 11) is 0. The molecular weight excluding hydrogens is 331 g/mol. The van der Waals surface area contributed by atoms with Crippen molar-refractivity contribution in [2.24, 2.45) is 5.92 Å². The van der Waals surface area contributed by atoms with Gasteiger partial charge >= 0.3 is 0 Å². The Kier molecular flexibility index (Phi) is 5.78. The van der Waals surface area contributed by atoms with Crippen LogP contribution in [0.2, 0.25) is 15.1 Å². The van der Waals surface area contributed by atoms with E-state index in [4.69, 9.17) is 34.8 Å². The molecule has 0 radical (unpaired) electrons. The topological polar surface area (TPSA) is 32.3 Å². The summed E-state index contributed by atoms with van der Waals surface area (Å²) in [6.45, 7) is 5.98. The minimum absolute atomic E-state index is 0.0565. The quantitative estimate of drug-likeness (QED) is 0.834. The third-order valence-corrected chi connectivity index (χ3v) is 4.72. The van der Waals surface area contributed by atoms with E-state index in [9.17, 15) is 4.79 Å². The van der Waals surface area contributed by atoms with Gasteiger partial charge in [-0.3, -0.25) is 4.79 Å². The third-order valence-electron chi connectivity index (χ3n) is 3.66. The molecule has 1 saturated heterocycles. The monoisotopic (exact) mass is 348 g/mol. The van der Waals surface area contributed by atoms with Crippen LogP contribution in [0.1, 0.15) is 25.8 Å². The lowest BCUT2D eigenvalue weighted by Gasteiger charge is -2.30. The Hall–Kier alpha value is -0.480. The largest absolute Gasteiger partial charge is 0.334 e. The molecule has 2 rings (SSSR count). The molecule has 0 saturated carbocycles. The number of hydrogen-bond donors (Lipinski definition) is 1. The average Bonchev–Trinajstić information content (AvgIpc) is 2.94. The number of carbonyl (C=O) groups excluding carboxylic acids is 1. The van der Waals surface area contributed by atoms with E-state index in [0.717, 1.165) is 25.1 Å². The third kappa shape index (κ3) is 4.04. The van der Waals surface area contributed by atoms with Crippen molar-refractivity contribution in [3.05, 3.63) is 32.8 Å². The van der Waals surface area contributed by atoms with Crippen molar-refractivity contribution < 1.29 is 4.79 Å². The molecule has 21 heavy (non-hydrogen) atoms. The van der Waals surface area contributed by atoms with Gasteiger partial charge in [-0.2, -0.15) is 0 Å². The maximum Gasteiger partial charge on any atom is 0.225 e. The summed E-state index contributed by atoms with van der Waals surface area (Å²) in [5, 5.41) is 4.70. The summed E-state index contributed by atoms with van der Waals surface area (Å²) >= 11 is 18.4. The summed E-state index contributed by atoms with van der Waals surface area (Å²) in [6.07, 6.45) is 0.949. The number of amides is 1. The molecule has 1 amide bonds. The zero-order chi connectivity index (χ0) is 15.6. The Labute approximate surface area is 140 Å². The van der Waals surface area contributed by atoms with Crippen LogP contribution in [0.4, 0.5) is 0 Å². The average molecular weight is 350 g/mol. The smallest absolute Gasteiger partial charge is 0.225 e. The van der Waals surface area contributed by atoms with Crippen molar-refractivity contribution in [3.63, 3.8) is 0 Å². The van der Waals surface area contributed by atoms with Crippen molar-refractivity contribution in [1.29, 1.82) is 0 Å². The summed E-state index contributed by atoms with van der Waals surface area (Å²) in [6, 6.07) is 3.58. The van der Waals surface area contributed by atoms with Gasteiger partial charge in [0.2, 0.25) is 5.91 Å². The molecule has 1 atom stereocenters. The van der Waals surface area contributed by atoms with E-state index in [1.807, 2.05) is 18.7 Å². The first-order valence-electron chi connectivity index (χ1n) is 7.04. The van der Waals surface area contributed by atoms with Crippen LogP contribution in [0.3, 0.4) is 0 Å². The number of nitrogens with zero attached hydrogens (tertiary/aromatic N) is 1. The highest BCUT2D eigenvalue weighted by atomic mass is 35.5. The van der Waals surface area contributed by atoms with Crippen LogP contribution in [0.25, 0.3) is 0 Å². The summed E-state index contributed by atoms with van der Waals surface area (Å²) < 4.78 is 0. The van der Waals surface area contributed by atoms with Crippen LogP contribution in [-0.2, 0) is 11.3 Å². The highest BCUT2D eigenvalue weighted by Gasteiger charge is 2.28. The number of benzene rings is 1. The van der Waals surface area contributed by atoms with Crippen LogP contribution in [-0.4, -0.2) is 29.9 Å². The van der Waals surface area contributed by atoms with Gasteiger partial charge in [-0.1, -0.05) is 48.7 Å². The number of halogens is 3. The molecular formula is C15H19Cl3N2O. The van der Waals surface area contributed by atoms with E-state index >= 15 is 0 Å². The molecule has 1 aliphatic rings. The van der Waals surface area contributed by atoms with Gasteiger partial charge in [0.05, 0.1) is 10.0 Å². The molecule has 6 heteroatoms. The first-order chi connectivity index (χ1) is 9.90. The molecule has 3 nitrogen and oxygen atoms in total. The van der Waals surface area contributed by atoms with Crippen LogP contribution < -0.4 is 5.32 Å². The van der Waals surface area contributed by atoms with Gasteiger partial charge in [0.15, 0.2) is 0 Å². The molecule has 0 unspecified atom stereocenters. The Morgan fingerprint density at radius 1 is 1.38 bits per heavy atom. The molecule has 0 bridgehead atoms. The fourth-order valence-corrected chi connectivity index (χ4v) is 3.24. The predicted octanol–water partition coefficient (Wildman–Crippen LogP) is 3.99. The van der Waals surface area contributed by atoms with E-state index < -0.39 is 0 Å². The van der Waals surface area contributed by atoms with Gasteiger partial charge in [0, 0.05) is 30.1 Å². The van der Waals surface area contributed by atoms with Crippen LogP contribution in [0.5, 0.6) is 0 Å². The fraction of sp³-hybridized carbons (Fsp3) is 0.533. The molecule has 1 aromatic carbocycles. The first-order valence-corrected chi connectivity index (χ1v) is 8.18. The van der Waals surface area contributed by atoms with Gasteiger partial charge in [-0.15, -0.1) is 0 Å². The van der Waals surface area contributed by atoms with Gasteiger partial charge in [-0.05, 0) is 30.7 Å². The maximum absolute atomic E-state index is 12.5. The molecule has 1 N–H and O–H groups in total. The fourth-order valence-electron chi connectivity index (χ4n) is 2.53. The highest BCUT2D eigenvalue weighted by molar-refractivity contribution is 6.43. The Balaban J connectivity index is 2.28. The first kappa shape index (κ1) is 16.9. The van der Waals surface area contributed by atoms with Crippen molar-refractivity contribution in [2.45, 2.75) is 32.9 Å². The van der Waals surface area contributed by atoms with E-state index in [-0.39, 0.29) is 17.9 Å². The predicted molar refractivity (Wildman–Crippen MR) is 88.1 cm³/mol. The van der Waals surface area contributed by atoms with Gasteiger partial charge in [0.25, 0.3) is 0 Å². The lowest BCUT2D eigenvalue weighted by atomic mass is 10.1. The second-order valence-electron chi connectivity index (χ2n) is 5.63. The molecule has 0 spiro atoms. The minimum Gasteiger partial charge on any atom is -0.334 e. The number of carbonyl (C=O) groups is 1. The maximum atomic E-state index is 12.5. The number of hydrogen-bond acceptors (Lipinski definition) is 2. The molecule has 116 valence electrons. The van der Waals surface area contributed by atoms with Gasteiger partial charge < -0.3 is 10.2 Å². The SMILES string of the molecule is CC(C)C(=O)N(Cc1cc(Cl)cc(Cl)c1Cl)[C@H]1CCNC1. The van der Waals surface area contributed by atoms with Crippen LogP contribution in [0.15, 0.2) is 12.1 Å². The number of rotatable bonds is 4. The summed E-state index contributed by atoms with van der Waals surface area (Å²) in [4.78, 5) is 14.4. The zero-order valence-corrected chi connectivity index (χ0v) is 14.4. The molecule has 0 aliphatic carbocycles. The van der Waals surface area contributed by atoms with Gasteiger partial charge in [-0.25, -0.2) is 0 Å². The Morgan fingerprint density at radius 2 is 2.10 bits per heavy atom. The van der Waals surface area contributed by atoms with E-state index in [0.29, 0.717) is 21.6 Å². The van der Waals surface area contributed by atoms with Crippen molar-refractivity contribution >= 4 is 40.7 Å². The van der Waals surface area contributed by atoms with Crippen molar-refractivity contribution in [1.82, 2.24) is 10.2 Å². The zero-order valence-electron chi connectivity index (χ0n) is 12.1. The summed E-state index contributed by atoms with van der Waals surface area (Å²) in [5.74, 6) is 0.0647.